The first-order valence-electron chi connectivity index (χ1n) is 7.16. The fourth-order valence-corrected chi connectivity index (χ4v) is 5.87. The van der Waals surface area contributed by atoms with Crippen LogP contribution in [0.25, 0.3) is 0 Å². The van der Waals surface area contributed by atoms with Crippen LogP contribution in [-0.4, -0.2) is 49.0 Å². The van der Waals surface area contributed by atoms with E-state index < -0.39 is 15.2 Å². The van der Waals surface area contributed by atoms with E-state index in [1.807, 2.05) is 19.1 Å². The monoisotopic (exact) mass is 328 g/mol. The van der Waals surface area contributed by atoms with Crippen LogP contribution in [0.15, 0.2) is 24.3 Å². The molecule has 1 aromatic rings. The molecule has 0 amide bonds. The predicted molar refractivity (Wildman–Crippen MR) is 90.2 cm³/mol. The predicted octanol–water partition coefficient (Wildman–Crippen LogP) is 1.80. The molecule has 0 spiro atoms. The van der Waals surface area contributed by atoms with Gasteiger partial charge in [-0.3, -0.25) is 4.90 Å². The van der Waals surface area contributed by atoms with Gasteiger partial charge in [-0.15, -0.1) is 0 Å². The molecule has 3 atom stereocenters. The number of aryl methyl sites for hydroxylation is 1. The molecule has 0 aromatic heterocycles. The average Bonchev–Trinajstić information content (AvgIpc) is 2.40. The third kappa shape index (κ3) is 3.80. The highest BCUT2D eigenvalue weighted by atomic mass is 32.2. The van der Waals surface area contributed by atoms with Gasteiger partial charge in [0.15, 0.2) is 9.84 Å². The van der Waals surface area contributed by atoms with E-state index in [1.165, 1.54) is 6.26 Å². The van der Waals surface area contributed by atoms with Crippen molar-refractivity contribution in [2.45, 2.75) is 31.3 Å². The number of sulfone groups is 1. The van der Waals surface area contributed by atoms with Gasteiger partial charge in [0.05, 0.1) is 6.04 Å². The van der Waals surface area contributed by atoms with Gasteiger partial charge in [-0.1, -0.05) is 24.3 Å². The van der Waals surface area contributed by atoms with Gasteiger partial charge in [-0.2, -0.15) is 11.8 Å². The van der Waals surface area contributed by atoms with E-state index in [9.17, 15) is 8.42 Å². The number of nitrogens with zero attached hydrogens (tertiary/aromatic N) is 1. The van der Waals surface area contributed by atoms with E-state index in [4.69, 9.17) is 5.73 Å². The molecule has 3 unspecified atom stereocenters. The third-order valence-corrected chi connectivity index (χ3v) is 6.64. The summed E-state index contributed by atoms with van der Waals surface area (Å²) in [5.74, 6) is 1.56. The Morgan fingerprint density at radius 2 is 2.05 bits per heavy atom. The smallest absolute Gasteiger partial charge is 0.164 e. The third-order valence-electron chi connectivity index (χ3n) is 3.98. The molecule has 0 bridgehead atoms. The van der Waals surface area contributed by atoms with Gasteiger partial charge in [-0.05, 0) is 25.0 Å². The Hall–Kier alpha value is -0.560. The SMILES string of the molecule is Cc1ccccc1C(C(C)N)N1CCSCC1S(C)(=O)=O. The maximum Gasteiger partial charge on any atom is 0.164 e. The number of hydrogen-bond acceptors (Lipinski definition) is 5. The average molecular weight is 329 g/mol. The first-order chi connectivity index (χ1) is 9.82. The molecule has 1 aromatic carbocycles. The minimum absolute atomic E-state index is 0.0631. The van der Waals surface area contributed by atoms with Crippen molar-refractivity contribution in [2.75, 3.05) is 24.3 Å². The number of thioether (sulfide) groups is 1. The van der Waals surface area contributed by atoms with Crippen LogP contribution in [0.3, 0.4) is 0 Å². The van der Waals surface area contributed by atoms with Crippen molar-refractivity contribution in [3.05, 3.63) is 35.4 Å². The van der Waals surface area contributed by atoms with Gasteiger partial charge in [0.2, 0.25) is 0 Å². The number of nitrogens with two attached hydrogens (primary N) is 1. The van der Waals surface area contributed by atoms with Crippen molar-refractivity contribution in [3.63, 3.8) is 0 Å². The molecule has 0 aliphatic carbocycles. The molecule has 1 heterocycles. The molecule has 1 aliphatic rings. The summed E-state index contributed by atoms with van der Waals surface area (Å²) in [5.41, 5.74) is 8.52. The summed E-state index contributed by atoms with van der Waals surface area (Å²) in [6, 6.07) is 7.91. The van der Waals surface area contributed by atoms with Crippen LogP contribution in [0, 0.1) is 6.92 Å². The lowest BCUT2D eigenvalue weighted by atomic mass is 9.95. The summed E-state index contributed by atoms with van der Waals surface area (Å²) in [6.45, 7) is 4.76. The van der Waals surface area contributed by atoms with Gasteiger partial charge in [-0.25, -0.2) is 8.42 Å². The Bertz CT molecular complexity index is 587. The van der Waals surface area contributed by atoms with Gasteiger partial charge >= 0.3 is 0 Å². The van der Waals surface area contributed by atoms with Crippen molar-refractivity contribution < 1.29 is 8.42 Å². The first kappa shape index (κ1) is 16.8. The molecule has 4 nitrogen and oxygen atoms in total. The van der Waals surface area contributed by atoms with Gasteiger partial charge in [0.1, 0.15) is 5.37 Å². The largest absolute Gasteiger partial charge is 0.326 e. The summed E-state index contributed by atoms with van der Waals surface area (Å²) < 4.78 is 24.3. The summed E-state index contributed by atoms with van der Waals surface area (Å²) in [5, 5.41) is -0.452. The van der Waals surface area contributed by atoms with Crippen LogP contribution < -0.4 is 5.73 Å². The minimum atomic E-state index is -3.12. The van der Waals surface area contributed by atoms with E-state index in [0.29, 0.717) is 5.75 Å². The quantitative estimate of drug-likeness (QED) is 0.913. The molecule has 2 N–H and O–H groups in total. The topological polar surface area (TPSA) is 63.4 Å². The lowest BCUT2D eigenvalue weighted by Gasteiger charge is -2.42. The second-order valence-electron chi connectivity index (χ2n) is 5.76. The van der Waals surface area contributed by atoms with E-state index in [2.05, 4.69) is 24.0 Å². The zero-order chi connectivity index (χ0) is 15.6. The highest BCUT2D eigenvalue weighted by Gasteiger charge is 2.37. The molecule has 6 heteroatoms. The Morgan fingerprint density at radius 1 is 1.38 bits per heavy atom. The molecule has 1 fully saturated rings. The van der Waals surface area contributed by atoms with Crippen LogP contribution in [0.1, 0.15) is 24.1 Å². The number of rotatable bonds is 4. The second-order valence-corrected chi connectivity index (χ2v) is 9.11. The molecular formula is C15H24N2O2S2. The standard InChI is InChI=1S/C15H24N2O2S2/c1-11-6-4-5-7-13(11)15(12(2)16)17-8-9-20-10-14(17)21(3,18)19/h4-7,12,14-15H,8-10,16H2,1-3H3. The first-order valence-corrected chi connectivity index (χ1v) is 10.3. The summed E-state index contributed by atoms with van der Waals surface area (Å²) >= 11 is 1.70. The van der Waals surface area contributed by atoms with E-state index in [-0.39, 0.29) is 12.1 Å². The molecule has 21 heavy (non-hydrogen) atoms. The van der Waals surface area contributed by atoms with Crippen molar-refractivity contribution in [1.82, 2.24) is 4.90 Å². The van der Waals surface area contributed by atoms with Crippen LogP contribution in [-0.2, 0) is 9.84 Å². The van der Waals surface area contributed by atoms with Crippen LogP contribution in [0.5, 0.6) is 0 Å². The van der Waals surface area contributed by atoms with E-state index in [1.54, 1.807) is 11.8 Å². The summed E-state index contributed by atoms with van der Waals surface area (Å²) in [4.78, 5) is 2.08. The number of benzene rings is 1. The van der Waals surface area contributed by atoms with Crippen LogP contribution >= 0.6 is 11.8 Å². The normalized spacial score (nSPS) is 23.7. The maximum atomic E-state index is 12.1. The fraction of sp³-hybridized carbons (Fsp3) is 0.600. The molecular weight excluding hydrogens is 304 g/mol. The van der Waals surface area contributed by atoms with Crippen LogP contribution in [0.2, 0.25) is 0 Å². The zero-order valence-corrected chi connectivity index (χ0v) is 14.5. The second kappa shape index (κ2) is 6.69. The summed E-state index contributed by atoms with van der Waals surface area (Å²) in [6.07, 6.45) is 1.33. The molecule has 118 valence electrons. The van der Waals surface area contributed by atoms with Crippen molar-refractivity contribution in [3.8, 4) is 0 Å². The Kier molecular flexibility index (Phi) is 5.35. The summed E-state index contributed by atoms with van der Waals surface area (Å²) in [7, 11) is -3.12. The van der Waals surface area contributed by atoms with Crippen LogP contribution in [0.4, 0.5) is 0 Å². The Balaban J connectivity index is 2.44. The molecule has 0 saturated carbocycles. The van der Waals surface area contributed by atoms with Crippen molar-refractivity contribution in [1.29, 1.82) is 0 Å². The maximum absolute atomic E-state index is 12.1. The Labute approximate surface area is 132 Å². The van der Waals surface area contributed by atoms with Gasteiger partial charge < -0.3 is 5.73 Å². The molecule has 2 rings (SSSR count). The molecule has 1 aliphatic heterocycles. The highest BCUT2D eigenvalue weighted by Crippen LogP contribution is 2.33. The lowest BCUT2D eigenvalue weighted by molar-refractivity contribution is 0.172. The lowest BCUT2D eigenvalue weighted by Crippen LogP contribution is -2.52. The van der Waals surface area contributed by atoms with Gasteiger partial charge in [0, 0.05) is 30.3 Å². The fourth-order valence-electron chi connectivity index (χ4n) is 2.96. The van der Waals surface area contributed by atoms with Crippen molar-refractivity contribution >= 4 is 21.6 Å². The number of hydrogen-bond donors (Lipinski definition) is 1. The van der Waals surface area contributed by atoms with Gasteiger partial charge in [0.25, 0.3) is 0 Å². The molecule has 0 radical (unpaired) electrons. The highest BCUT2D eigenvalue weighted by molar-refractivity contribution is 8.00. The Morgan fingerprint density at radius 3 is 2.62 bits per heavy atom. The minimum Gasteiger partial charge on any atom is -0.326 e. The van der Waals surface area contributed by atoms with Crippen molar-refractivity contribution in [2.24, 2.45) is 5.73 Å². The molecule has 1 saturated heterocycles. The zero-order valence-electron chi connectivity index (χ0n) is 12.8. The van der Waals surface area contributed by atoms with E-state index in [0.717, 1.165) is 23.4 Å². The van der Waals surface area contributed by atoms with E-state index >= 15 is 0 Å².